The fourth-order valence-electron chi connectivity index (χ4n) is 8.41. The number of ether oxygens (including phenoxy) is 1. The molecule has 0 radical (unpaired) electrons. The Labute approximate surface area is 488 Å². The van der Waals surface area contributed by atoms with Gasteiger partial charge in [0.25, 0.3) is 17.7 Å². The van der Waals surface area contributed by atoms with Gasteiger partial charge in [0, 0.05) is 59.5 Å². The number of carbonyl (C=O) groups is 6. The van der Waals surface area contributed by atoms with Crippen LogP contribution in [0.5, 0.6) is 0 Å². The van der Waals surface area contributed by atoms with Crippen molar-refractivity contribution < 1.29 is 43.7 Å². The number of aliphatic hydroxyl groups excluding tert-OH is 2. The number of pyridine rings is 1. The van der Waals surface area contributed by atoms with Crippen molar-refractivity contribution in [2.24, 2.45) is 11.8 Å². The van der Waals surface area contributed by atoms with Crippen LogP contribution in [0.2, 0.25) is 0 Å². The number of amides is 6. The van der Waals surface area contributed by atoms with Gasteiger partial charge in [-0.1, -0.05) is 51.1 Å². The van der Waals surface area contributed by atoms with Crippen LogP contribution in [-0.2, 0) is 25.7 Å². The second kappa shape index (κ2) is 26.2. The topological polar surface area (TPSA) is 315 Å². The standard InChI is InChI=1S/C53H55N13O9S6/c1-24(2)38-53-66-41(34(81-53)20-75-6)46(73)55-19-37(69)63-42(43(70)27-12-8-7-9-13-27)52-60-32(22-77-52)49-56-18-33(80-49)40-28(14-15-29(57-40)50-62-35(23-78-50)61-44(71)25(3)11-10-16-67)48-59-31(21-76-48)45(72)58-30(17-36(68)54-5)51-65-39(26(4)79-51)47(74)64-38/h7-9,12-15,18,21-25,30,38,42-43,67,70H,10-11,16-17,19-20H2,1-6H3,(H,54,68)(H,55,73)(H,58,72)(H,61,71)(H,63,69)(H,64,74)/t25-,30+,38+,42+,43+/m1/s1. The number of hydrogen-bond donors (Lipinski definition) is 8. The van der Waals surface area contributed by atoms with E-state index < -0.39 is 60.3 Å². The largest absolute Gasteiger partial charge is 0.396 e. The highest BCUT2D eigenvalue weighted by molar-refractivity contribution is 7.19. The Morgan fingerprint density at radius 1 is 0.753 bits per heavy atom. The molecule has 28 heteroatoms. The van der Waals surface area contributed by atoms with Gasteiger partial charge < -0.3 is 46.9 Å². The molecule has 0 saturated carbocycles. The number of benzene rings is 1. The van der Waals surface area contributed by atoms with E-state index in [2.05, 4.69) is 36.9 Å². The van der Waals surface area contributed by atoms with Crippen LogP contribution in [0.3, 0.4) is 0 Å². The predicted octanol–water partition coefficient (Wildman–Crippen LogP) is 7.66. The van der Waals surface area contributed by atoms with Gasteiger partial charge in [0.2, 0.25) is 17.7 Å². The molecule has 8 heterocycles. The van der Waals surface area contributed by atoms with Crippen molar-refractivity contribution in [3.8, 4) is 42.5 Å². The second-order valence-electron chi connectivity index (χ2n) is 18.9. The molecule has 1 aliphatic heterocycles. The number of nitrogens with one attached hydrogen (secondary N) is 6. The molecule has 1 aliphatic rings. The molecule has 0 fully saturated rings. The van der Waals surface area contributed by atoms with E-state index in [1.165, 1.54) is 70.8 Å². The summed E-state index contributed by atoms with van der Waals surface area (Å²) < 4.78 is 5.45. The summed E-state index contributed by atoms with van der Waals surface area (Å²) in [5, 5.41) is 45.7. The Morgan fingerprint density at radius 2 is 1.52 bits per heavy atom. The minimum Gasteiger partial charge on any atom is -0.396 e. The quantitative estimate of drug-likeness (QED) is 0.0549. The fourth-order valence-corrected chi connectivity index (χ4v) is 14.0. The third-order valence-corrected chi connectivity index (χ3v) is 18.6. The average Bonchev–Trinajstić information content (AvgIpc) is 4.56. The number of hydrogen-bond acceptors (Lipinski definition) is 22. The first-order chi connectivity index (χ1) is 39.0. The van der Waals surface area contributed by atoms with Crippen LogP contribution in [0, 0.1) is 18.8 Å². The number of thiazole rings is 6. The monoisotopic (exact) mass is 1210 g/mol. The van der Waals surface area contributed by atoms with Crippen LogP contribution >= 0.6 is 68.0 Å². The molecule has 1 aromatic carbocycles. The molecule has 0 aliphatic carbocycles. The van der Waals surface area contributed by atoms with Gasteiger partial charge in [-0.25, -0.2) is 34.9 Å². The number of aliphatic hydroxyl groups is 2. The molecule has 8 N–H and O–H groups in total. The van der Waals surface area contributed by atoms with E-state index in [4.69, 9.17) is 34.6 Å². The molecule has 8 aromatic rings. The fraction of sp³-hybridized carbons (Fsp3) is 0.340. The maximum Gasteiger partial charge on any atom is 0.271 e. The maximum absolute atomic E-state index is 14.3. The first kappa shape index (κ1) is 58.5. The van der Waals surface area contributed by atoms with Gasteiger partial charge in [-0.3, -0.25) is 28.8 Å². The Hall–Kier alpha value is -7.15. The molecule has 7 aromatic heterocycles. The maximum atomic E-state index is 14.3. The number of methoxy groups -OCH3 is 1. The van der Waals surface area contributed by atoms with Crippen LogP contribution in [0.25, 0.3) is 42.5 Å². The minimum absolute atomic E-state index is 0.00191. The molecular formula is C53H55N13O9S6. The minimum atomic E-state index is -1.27. The zero-order valence-electron chi connectivity index (χ0n) is 44.4. The molecule has 422 valence electrons. The Kier molecular flexibility index (Phi) is 18.9. The number of aryl methyl sites for hydroxylation is 1. The number of rotatable bonds is 13. The van der Waals surface area contributed by atoms with Crippen LogP contribution in [-0.4, -0.2) is 108 Å². The van der Waals surface area contributed by atoms with E-state index >= 15 is 0 Å². The van der Waals surface area contributed by atoms with Gasteiger partial charge >= 0.3 is 0 Å². The zero-order chi connectivity index (χ0) is 57.5. The smallest absolute Gasteiger partial charge is 0.271 e. The summed E-state index contributed by atoms with van der Waals surface area (Å²) in [7, 11) is 2.95. The zero-order valence-corrected chi connectivity index (χ0v) is 49.3. The van der Waals surface area contributed by atoms with E-state index in [0.717, 1.165) is 11.3 Å². The van der Waals surface area contributed by atoms with E-state index in [0.29, 0.717) is 91.5 Å². The van der Waals surface area contributed by atoms with Crippen molar-refractivity contribution >= 4 is 109 Å². The molecule has 10 bridgehead atoms. The lowest BCUT2D eigenvalue weighted by Gasteiger charge is -2.23. The third kappa shape index (κ3) is 13.6. The number of fused-ring (bicyclic) bond motifs is 14. The first-order valence-electron chi connectivity index (χ1n) is 25.4. The van der Waals surface area contributed by atoms with E-state index in [1.54, 1.807) is 72.6 Å². The highest BCUT2D eigenvalue weighted by Gasteiger charge is 2.33. The van der Waals surface area contributed by atoms with Crippen molar-refractivity contribution in [1.82, 2.24) is 61.5 Å². The van der Waals surface area contributed by atoms with Gasteiger partial charge in [0.1, 0.15) is 70.8 Å². The SMILES string of the molecule is CNC(=O)C[C@@H]1NC(=O)c2csc(n2)-c2ccc(-c3nc(NC(=O)[C@H](C)CCCO)cs3)nc2-c2cnc(s2)-c2csc(n2)[C@H]([C@@H](O)c2ccccc2)NC(=O)CNC(=O)c2nc(sc2COC)[C@H](C(C)C)NC(=O)c2nc1sc2C. The lowest BCUT2D eigenvalue weighted by molar-refractivity contribution is -0.122. The summed E-state index contributed by atoms with van der Waals surface area (Å²) >= 11 is 7.25. The molecule has 22 nitrogen and oxygen atoms in total. The van der Waals surface area contributed by atoms with Gasteiger partial charge in [-0.15, -0.1) is 68.0 Å². The van der Waals surface area contributed by atoms with Gasteiger partial charge in [0.05, 0.1) is 52.8 Å². The van der Waals surface area contributed by atoms with Crippen molar-refractivity contribution in [3.05, 3.63) is 112 Å². The molecule has 0 unspecified atom stereocenters. The van der Waals surface area contributed by atoms with Gasteiger partial charge in [-0.05, 0) is 43.4 Å². The normalized spacial score (nSPS) is 16.9. The summed E-state index contributed by atoms with van der Waals surface area (Å²) in [6.07, 6.45) is 1.15. The van der Waals surface area contributed by atoms with Crippen molar-refractivity contribution in [1.29, 1.82) is 0 Å². The van der Waals surface area contributed by atoms with Crippen LogP contribution < -0.4 is 31.9 Å². The number of nitrogens with zero attached hydrogens (tertiary/aromatic N) is 7. The van der Waals surface area contributed by atoms with Crippen LogP contribution in [0.4, 0.5) is 5.82 Å². The van der Waals surface area contributed by atoms with E-state index in [1.807, 2.05) is 19.9 Å². The van der Waals surface area contributed by atoms with Crippen LogP contribution in [0.1, 0.15) is 126 Å². The third-order valence-electron chi connectivity index (χ3n) is 12.7. The number of anilines is 1. The molecule has 0 saturated heterocycles. The molecule has 5 atom stereocenters. The average molecular weight is 1210 g/mol. The molecule has 9 rings (SSSR count). The predicted molar refractivity (Wildman–Crippen MR) is 311 cm³/mol. The summed E-state index contributed by atoms with van der Waals surface area (Å²) in [5.74, 6) is -3.33. The van der Waals surface area contributed by atoms with Gasteiger partial charge in [-0.2, -0.15) is 0 Å². The van der Waals surface area contributed by atoms with Gasteiger partial charge in [0.15, 0.2) is 0 Å². The number of carbonyl (C=O) groups excluding carboxylic acids is 6. The Bertz CT molecular complexity index is 3590. The first-order valence-corrected chi connectivity index (χ1v) is 30.5. The van der Waals surface area contributed by atoms with E-state index in [9.17, 15) is 39.0 Å². The van der Waals surface area contributed by atoms with Crippen molar-refractivity contribution in [2.75, 3.05) is 32.6 Å². The number of aromatic nitrogens is 7. The lowest BCUT2D eigenvalue weighted by Crippen LogP contribution is -2.40. The Balaban J connectivity index is 1.12. The lowest BCUT2D eigenvalue weighted by atomic mass is 10.0. The second-order valence-corrected chi connectivity index (χ2v) is 24.9. The summed E-state index contributed by atoms with van der Waals surface area (Å²) in [6, 6.07) is 9.59. The highest BCUT2D eigenvalue weighted by Crippen LogP contribution is 2.41. The highest BCUT2D eigenvalue weighted by atomic mass is 32.1. The molecule has 0 spiro atoms. The summed E-state index contributed by atoms with van der Waals surface area (Å²) in [5.41, 5.74) is 2.50. The Morgan fingerprint density at radius 3 is 2.27 bits per heavy atom. The van der Waals surface area contributed by atoms with Crippen molar-refractivity contribution in [3.63, 3.8) is 0 Å². The molecule has 6 amide bonds. The summed E-state index contributed by atoms with van der Waals surface area (Å²) in [6.45, 7) is 6.74. The molecular weight excluding hydrogens is 1160 g/mol. The summed E-state index contributed by atoms with van der Waals surface area (Å²) in [4.78, 5) is 118. The molecule has 81 heavy (non-hydrogen) atoms. The van der Waals surface area contributed by atoms with E-state index in [-0.39, 0.29) is 54.5 Å². The van der Waals surface area contributed by atoms with Crippen LogP contribution in [0.15, 0.2) is 64.8 Å². The van der Waals surface area contributed by atoms with Crippen molar-refractivity contribution in [2.45, 2.75) is 77.8 Å².